The SMILES string of the molecule is NC(c1cnc(C(F)(F)F)s1)C1C2CCCC21. The van der Waals surface area contributed by atoms with E-state index in [1.54, 1.807) is 0 Å². The Kier molecular flexibility index (Phi) is 2.49. The van der Waals surface area contributed by atoms with E-state index in [9.17, 15) is 13.2 Å². The molecule has 0 spiro atoms. The summed E-state index contributed by atoms with van der Waals surface area (Å²) in [7, 11) is 0. The van der Waals surface area contributed by atoms with E-state index >= 15 is 0 Å². The van der Waals surface area contributed by atoms with Gasteiger partial charge in [0.1, 0.15) is 0 Å². The molecule has 6 heteroatoms. The normalized spacial score (nSPS) is 33.5. The molecule has 2 N–H and O–H groups in total. The largest absolute Gasteiger partial charge is 0.443 e. The van der Waals surface area contributed by atoms with Crippen molar-refractivity contribution in [1.29, 1.82) is 0 Å². The molecule has 0 aliphatic heterocycles. The standard InChI is InChI=1S/C11H13F3N2S/c12-11(13,14)10-16-4-7(17-10)9(15)8-5-2-1-3-6(5)8/h4-6,8-9H,1-3,15H2. The fraction of sp³-hybridized carbons (Fsp3) is 0.727. The number of nitrogens with zero attached hydrogens (tertiary/aromatic N) is 1. The minimum Gasteiger partial charge on any atom is -0.323 e. The molecule has 0 radical (unpaired) electrons. The van der Waals surface area contributed by atoms with Gasteiger partial charge in [0.2, 0.25) is 0 Å². The van der Waals surface area contributed by atoms with Gasteiger partial charge in [0.05, 0.1) is 0 Å². The number of hydrogen-bond acceptors (Lipinski definition) is 3. The number of alkyl halides is 3. The first-order chi connectivity index (χ1) is 7.98. The van der Waals surface area contributed by atoms with Gasteiger partial charge in [-0.1, -0.05) is 6.42 Å². The highest BCUT2D eigenvalue weighted by Gasteiger charge is 2.55. The van der Waals surface area contributed by atoms with Crippen LogP contribution >= 0.6 is 11.3 Å². The molecule has 3 unspecified atom stereocenters. The lowest BCUT2D eigenvalue weighted by atomic mass is 10.0. The van der Waals surface area contributed by atoms with E-state index in [-0.39, 0.29) is 6.04 Å². The van der Waals surface area contributed by atoms with Gasteiger partial charge in [-0.3, -0.25) is 0 Å². The molecule has 17 heavy (non-hydrogen) atoms. The predicted molar refractivity (Wildman–Crippen MR) is 58.4 cm³/mol. The number of thiazole rings is 1. The van der Waals surface area contributed by atoms with Crippen LogP contribution in [-0.4, -0.2) is 4.98 Å². The molecule has 0 amide bonds. The van der Waals surface area contributed by atoms with Crippen LogP contribution in [0, 0.1) is 17.8 Å². The Labute approximate surface area is 101 Å². The van der Waals surface area contributed by atoms with Crippen LogP contribution in [0.25, 0.3) is 0 Å². The van der Waals surface area contributed by atoms with Crippen molar-refractivity contribution >= 4 is 11.3 Å². The van der Waals surface area contributed by atoms with E-state index in [0.717, 1.165) is 0 Å². The third kappa shape index (κ3) is 1.87. The van der Waals surface area contributed by atoms with Crippen molar-refractivity contribution in [1.82, 2.24) is 4.98 Å². The molecule has 1 heterocycles. The lowest BCUT2D eigenvalue weighted by Crippen LogP contribution is -2.14. The number of rotatable bonds is 2. The zero-order valence-electron chi connectivity index (χ0n) is 9.07. The quantitative estimate of drug-likeness (QED) is 0.888. The molecule has 2 aliphatic rings. The van der Waals surface area contributed by atoms with Crippen molar-refractivity contribution in [3.63, 3.8) is 0 Å². The molecule has 2 fully saturated rings. The van der Waals surface area contributed by atoms with Crippen molar-refractivity contribution in [2.45, 2.75) is 31.5 Å². The molecule has 3 atom stereocenters. The Balaban J connectivity index is 1.74. The second kappa shape index (κ2) is 3.68. The van der Waals surface area contributed by atoms with Gasteiger partial charge in [-0.05, 0) is 30.6 Å². The summed E-state index contributed by atoms with van der Waals surface area (Å²) in [5.41, 5.74) is 6.05. The molecular formula is C11H13F3N2S. The summed E-state index contributed by atoms with van der Waals surface area (Å²) in [4.78, 5) is 4.01. The summed E-state index contributed by atoms with van der Waals surface area (Å²) in [6.07, 6.45) is 0.575. The average molecular weight is 262 g/mol. The molecule has 3 rings (SSSR count). The van der Waals surface area contributed by atoms with Crippen LogP contribution in [0.2, 0.25) is 0 Å². The molecule has 1 aromatic rings. The second-order valence-corrected chi connectivity index (χ2v) is 5.99. The van der Waals surface area contributed by atoms with Crippen LogP contribution in [0.3, 0.4) is 0 Å². The maximum Gasteiger partial charge on any atom is 0.443 e. The van der Waals surface area contributed by atoms with Gasteiger partial charge in [-0.15, -0.1) is 11.3 Å². The topological polar surface area (TPSA) is 38.9 Å². The van der Waals surface area contributed by atoms with Gasteiger partial charge in [0, 0.05) is 17.1 Å². The van der Waals surface area contributed by atoms with Crippen molar-refractivity contribution in [3.05, 3.63) is 16.1 Å². The summed E-state index contributed by atoms with van der Waals surface area (Å²) in [6.45, 7) is 0. The predicted octanol–water partition coefficient (Wildman–Crippen LogP) is 3.21. The van der Waals surface area contributed by atoms with Crippen LogP contribution in [0.4, 0.5) is 13.2 Å². The monoisotopic (exact) mass is 262 g/mol. The molecule has 94 valence electrons. The molecule has 0 bridgehead atoms. The zero-order chi connectivity index (χ0) is 12.2. The Morgan fingerprint density at radius 3 is 2.53 bits per heavy atom. The number of fused-ring (bicyclic) bond motifs is 1. The Hall–Kier alpha value is -0.620. The lowest BCUT2D eigenvalue weighted by molar-refractivity contribution is -0.137. The van der Waals surface area contributed by atoms with Crippen LogP contribution < -0.4 is 5.73 Å². The van der Waals surface area contributed by atoms with Crippen molar-refractivity contribution in [3.8, 4) is 0 Å². The van der Waals surface area contributed by atoms with Crippen molar-refractivity contribution < 1.29 is 13.2 Å². The number of halogens is 3. The summed E-state index contributed by atoms with van der Waals surface area (Å²) in [5, 5.41) is -0.784. The van der Waals surface area contributed by atoms with Gasteiger partial charge < -0.3 is 5.73 Å². The van der Waals surface area contributed by atoms with Gasteiger partial charge in [-0.25, -0.2) is 4.98 Å². The summed E-state index contributed by atoms with van der Waals surface area (Å²) < 4.78 is 37.3. The summed E-state index contributed by atoms with van der Waals surface area (Å²) in [5.74, 6) is 1.70. The van der Waals surface area contributed by atoms with E-state index in [0.29, 0.717) is 34.0 Å². The smallest absolute Gasteiger partial charge is 0.323 e. The number of aromatic nitrogens is 1. The van der Waals surface area contributed by atoms with Crippen LogP contribution in [0.5, 0.6) is 0 Å². The Bertz CT molecular complexity index is 419. The van der Waals surface area contributed by atoms with E-state index in [4.69, 9.17) is 5.73 Å². The van der Waals surface area contributed by atoms with Gasteiger partial charge >= 0.3 is 6.18 Å². The summed E-state index contributed by atoms with van der Waals surface area (Å²) in [6, 6.07) is -0.251. The molecular weight excluding hydrogens is 249 g/mol. The highest BCUT2D eigenvalue weighted by atomic mass is 32.1. The molecule has 2 saturated carbocycles. The van der Waals surface area contributed by atoms with E-state index in [2.05, 4.69) is 4.98 Å². The van der Waals surface area contributed by atoms with Gasteiger partial charge in [-0.2, -0.15) is 13.2 Å². The summed E-state index contributed by atoms with van der Waals surface area (Å²) >= 11 is 0.694. The molecule has 2 aliphatic carbocycles. The maximum absolute atomic E-state index is 12.4. The van der Waals surface area contributed by atoms with Crippen LogP contribution in [0.15, 0.2) is 6.20 Å². The number of hydrogen-bond donors (Lipinski definition) is 1. The Morgan fingerprint density at radius 1 is 1.35 bits per heavy atom. The first-order valence-corrected chi connectivity index (χ1v) is 6.58. The highest BCUT2D eigenvalue weighted by molar-refractivity contribution is 7.11. The fourth-order valence-corrected chi connectivity index (χ4v) is 4.01. The van der Waals surface area contributed by atoms with Gasteiger partial charge in [0.15, 0.2) is 5.01 Å². The first kappa shape index (κ1) is 11.5. The van der Waals surface area contributed by atoms with E-state index in [1.165, 1.54) is 25.5 Å². The second-order valence-electron chi connectivity index (χ2n) is 4.93. The van der Waals surface area contributed by atoms with Crippen molar-refractivity contribution in [2.24, 2.45) is 23.5 Å². The first-order valence-electron chi connectivity index (χ1n) is 5.77. The zero-order valence-corrected chi connectivity index (χ0v) is 9.89. The maximum atomic E-state index is 12.4. The lowest BCUT2D eigenvalue weighted by Gasteiger charge is -2.10. The minimum absolute atomic E-state index is 0.251. The van der Waals surface area contributed by atoms with E-state index in [1.807, 2.05) is 0 Å². The molecule has 2 nitrogen and oxygen atoms in total. The van der Waals surface area contributed by atoms with Crippen LogP contribution in [-0.2, 0) is 6.18 Å². The Morgan fingerprint density at radius 2 is 2.00 bits per heavy atom. The highest BCUT2D eigenvalue weighted by Crippen LogP contribution is 2.62. The third-order valence-electron chi connectivity index (χ3n) is 3.98. The molecule has 0 saturated heterocycles. The van der Waals surface area contributed by atoms with Gasteiger partial charge in [0.25, 0.3) is 0 Å². The van der Waals surface area contributed by atoms with Crippen LogP contribution in [0.1, 0.15) is 35.2 Å². The van der Waals surface area contributed by atoms with Crippen molar-refractivity contribution in [2.75, 3.05) is 0 Å². The molecule has 0 aromatic carbocycles. The fourth-order valence-electron chi connectivity index (χ4n) is 3.17. The molecule has 1 aromatic heterocycles. The third-order valence-corrected chi connectivity index (χ3v) is 5.13. The van der Waals surface area contributed by atoms with E-state index < -0.39 is 11.2 Å². The minimum atomic E-state index is -4.35. The number of nitrogens with two attached hydrogens (primary N) is 1. The average Bonchev–Trinajstić information content (AvgIpc) is 2.74.